The van der Waals surface area contributed by atoms with E-state index in [1.165, 1.54) is 11.1 Å². The van der Waals surface area contributed by atoms with Crippen LogP contribution in [0.3, 0.4) is 0 Å². The van der Waals surface area contributed by atoms with Crippen LogP contribution in [0, 0.1) is 0 Å². The minimum Gasteiger partial charge on any atom is -0.399 e. The Morgan fingerprint density at radius 2 is 1.87 bits per heavy atom. The lowest BCUT2D eigenvalue weighted by Gasteiger charge is -1.98. The fourth-order valence-electron chi connectivity index (χ4n) is 1.29. The number of allylic oxidation sites excluding steroid dienone is 7. The van der Waals surface area contributed by atoms with Crippen LogP contribution in [0.5, 0.6) is 0 Å². The van der Waals surface area contributed by atoms with Gasteiger partial charge in [0.2, 0.25) is 0 Å². The van der Waals surface area contributed by atoms with E-state index in [4.69, 9.17) is 5.73 Å². The Kier molecular flexibility index (Phi) is 7.43. The number of hydrogen-bond donors (Lipinski definition) is 1. The van der Waals surface area contributed by atoms with Gasteiger partial charge in [-0.1, -0.05) is 42.4 Å². The highest BCUT2D eigenvalue weighted by molar-refractivity contribution is 5.23. The first kappa shape index (κ1) is 13.8. The number of nitrogens with two attached hydrogens (primary N) is 1. The SMILES string of the molecule is C/C=C\C(C)=C/C/C(C)=C/C(N)=C\CC. The van der Waals surface area contributed by atoms with Crippen LogP contribution in [0.4, 0.5) is 0 Å². The fourth-order valence-corrected chi connectivity index (χ4v) is 1.29. The topological polar surface area (TPSA) is 26.0 Å². The average molecular weight is 205 g/mol. The number of rotatable bonds is 5. The van der Waals surface area contributed by atoms with Crippen molar-refractivity contribution in [1.82, 2.24) is 0 Å². The molecule has 0 saturated carbocycles. The molecule has 0 amide bonds. The summed E-state index contributed by atoms with van der Waals surface area (Å²) in [6.45, 7) is 8.34. The van der Waals surface area contributed by atoms with Crippen LogP contribution in [-0.2, 0) is 0 Å². The molecule has 0 aliphatic heterocycles. The van der Waals surface area contributed by atoms with Gasteiger partial charge in [-0.2, -0.15) is 0 Å². The van der Waals surface area contributed by atoms with Gasteiger partial charge >= 0.3 is 0 Å². The van der Waals surface area contributed by atoms with Gasteiger partial charge in [0.1, 0.15) is 0 Å². The summed E-state index contributed by atoms with van der Waals surface area (Å²) in [6, 6.07) is 0. The van der Waals surface area contributed by atoms with Crippen molar-refractivity contribution in [3.8, 4) is 0 Å². The van der Waals surface area contributed by atoms with Crippen molar-refractivity contribution in [2.45, 2.75) is 40.5 Å². The Bertz CT molecular complexity index is 290. The zero-order valence-electron chi connectivity index (χ0n) is 10.4. The van der Waals surface area contributed by atoms with Crippen molar-refractivity contribution >= 4 is 0 Å². The predicted molar refractivity (Wildman–Crippen MR) is 69.5 cm³/mol. The summed E-state index contributed by atoms with van der Waals surface area (Å²) < 4.78 is 0. The molecule has 0 aromatic carbocycles. The highest BCUT2D eigenvalue weighted by atomic mass is 14.5. The third-order valence-electron chi connectivity index (χ3n) is 2.03. The molecule has 0 bridgehead atoms. The maximum atomic E-state index is 5.80. The second-order valence-corrected chi connectivity index (χ2v) is 3.76. The molecule has 0 radical (unpaired) electrons. The molecule has 0 unspecified atom stereocenters. The monoisotopic (exact) mass is 205 g/mol. The van der Waals surface area contributed by atoms with Crippen molar-refractivity contribution in [2.75, 3.05) is 0 Å². The van der Waals surface area contributed by atoms with E-state index in [9.17, 15) is 0 Å². The van der Waals surface area contributed by atoms with Gasteiger partial charge in [0.05, 0.1) is 0 Å². The van der Waals surface area contributed by atoms with Crippen LogP contribution in [0.15, 0.2) is 47.2 Å². The molecule has 1 heteroatoms. The Balaban J connectivity index is 4.31. The maximum Gasteiger partial charge on any atom is 0.0272 e. The van der Waals surface area contributed by atoms with E-state index in [1.807, 2.05) is 19.1 Å². The van der Waals surface area contributed by atoms with Gasteiger partial charge in [-0.15, -0.1) is 0 Å². The van der Waals surface area contributed by atoms with Crippen molar-refractivity contribution in [3.63, 3.8) is 0 Å². The first-order valence-corrected chi connectivity index (χ1v) is 5.52. The molecule has 0 aliphatic carbocycles. The summed E-state index contributed by atoms with van der Waals surface area (Å²) >= 11 is 0. The summed E-state index contributed by atoms with van der Waals surface area (Å²) in [6.07, 6.45) is 12.4. The summed E-state index contributed by atoms with van der Waals surface area (Å²) in [7, 11) is 0. The molecule has 84 valence electrons. The minimum atomic E-state index is 0.868. The van der Waals surface area contributed by atoms with Gasteiger partial charge in [-0.3, -0.25) is 0 Å². The van der Waals surface area contributed by atoms with E-state index in [-0.39, 0.29) is 0 Å². The van der Waals surface area contributed by atoms with Crippen molar-refractivity contribution in [1.29, 1.82) is 0 Å². The highest BCUT2D eigenvalue weighted by Gasteiger charge is 1.89. The van der Waals surface area contributed by atoms with Gasteiger partial charge in [0, 0.05) is 5.70 Å². The number of hydrogen-bond acceptors (Lipinski definition) is 1. The third kappa shape index (κ3) is 7.80. The van der Waals surface area contributed by atoms with Crippen molar-refractivity contribution < 1.29 is 0 Å². The zero-order valence-corrected chi connectivity index (χ0v) is 10.4. The smallest absolute Gasteiger partial charge is 0.0272 e. The second-order valence-electron chi connectivity index (χ2n) is 3.76. The standard InChI is InChI=1S/C14H23N/c1-5-7-12(3)9-10-13(4)11-14(15)8-6-2/h5,7-9,11H,6,10,15H2,1-4H3/b7-5-,12-9-,13-11+,14-8+. The first-order valence-electron chi connectivity index (χ1n) is 5.52. The largest absolute Gasteiger partial charge is 0.399 e. The fraction of sp³-hybridized carbons (Fsp3) is 0.429. The predicted octanol–water partition coefficient (Wildman–Crippen LogP) is 4.10. The molecule has 2 N–H and O–H groups in total. The Labute approximate surface area is 94.1 Å². The molecule has 0 heterocycles. The Morgan fingerprint density at radius 1 is 1.20 bits per heavy atom. The maximum absolute atomic E-state index is 5.80. The second kappa shape index (κ2) is 8.10. The van der Waals surface area contributed by atoms with E-state index >= 15 is 0 Å². The average Bonchev–Trinajstić information content (AvgIpc) is 2.15. The highest BCUT2D eigenvalue weighted by Crippen LogP contribution is 2.07. The van der Waals surface area contributed by atoms with E-state index in [1.54, 1.807) is 0 Å². The van der Waals surface area contributed by atoms with Crippen LogP contribution in [0.25, 0.3) is 0 Å². The van der Waals surface area contributed by atoms with Crippen molar-refractivity contribution in [3.05, 3.63) is 47.2 Å². The molecule has 15 heavy (non-hydrogen) atoms. The molecule has 0 fully saturated rings. The molecule has 0 aromatic heterocycles. The van der Waals surface area contributed by atoms with Gasteiger partial charge in [0.25, 0.3) is 0 Å². The lowest BCUT2D eigenvalue weighted by Crippen LogP contribution is -1.93. The van der Waals surface area contributed by atoms with Crippen LogP contribution >= 0.6 is 0 Å². The van der Waals surface area contributed by atoms with E-state index in [0.717, 1.165) is 18.5 Å². The lowest BCUT2D eigenvalue weighted by atomic mass is 10.1. The van der Waals surface area contributed by atoms with Crippen LogP contribution < -0.4 is 5.73 Å². The van der Waals surface area contributed by atoms with E-state index in [2.05, 4.69) is 39.0 Å². The van der Waals surface area contributed by atoms with Gasteiger partial charge in [-0.25, -0.2) is 0 Å². The quantitative estimate of drug-likeness (QED) is 0.672. The molecular formula is C14H23N. The lowest BCUT2D eigenvalue weighted by molar-refractivity contribution is 1.15. The Morgan fingerprint density at radius 3 is 2.40 bits per heavy atom. The van der Waals surface area contributed by atoms with E-state index in [0.29, 0.717) is 0 Å². The van der Waals surface area contributed by atoms with Gasteiger partial charge < -0.3 is 5.73 Å². The molecule has 0 rings (SSSR count). The summed E-state index contributed by atoms with van der Waals surface area (Å²) in [5.41, 5.74) is 9.26. The first-order chi connectivity index (χ1) is 7.10. The molecule has 0 saturated heterocycles. The molecule has 0 aromatic rings. The molecule has 1 nitrogen and oxygen atoms in total. The molecular weight excluding hydrogens is 182 g/mol. The Hall–Kier alpha value is -1.24. The summed E-state index contributed by atoms with van der Waals surface area (Å²) in [4.78, 5) is 0. The zero-order chi connectivity index (χ0) is 11.7. The van der Waals surface area contributed by atoms with Crippen molar-refractivity contribution in [2.24, 2.45) is 5.73 Å². The molecule has 0 aliphatic rings. The third-order valence-corrected chi connectivity index (χ3v) is 2.03. The van der Waals surface area contributed by atoms with Gasteiger partial charge in [-0.05, 0) is 39.7 Å². The van der Waals surface area contributed by atoms with Crippen LogP contribution in [-0.4, -0.2) is 0 Å². The van der Waals surface area contributed by atoms with E-state index < -0.39 is 0 Å². The minimum absolute atomic E-state index is 0.868. The molecule has 0 spiro atoms. The normalized spacial score (nSPS) is 15.1. The summed E-state index contributed by atoms with van der Waals surface area (Å²) in [5, 5.41) is 0. The summed E-state index contributed by atoms with van der Waals surface area (Å²) in [5.74, 6) is 0. The molecule has 0 atom stereocenters. The van der Waals surface area contributed by atoms with Crippen LogP contribution in [0.2, 0.25) is 0 Å². The van der Waals surface area contributed by atoms with Crippen LogP contribution in [0.1, 0.15) is 40.5 Å². The van der Waals surface area contributed by atoms with Gasteiger partial charge in [0.15, 0.2) is 0 Å².